The van der Waals surface area contributed by atoms with Crippen LogP contribution in [-0.4, -0.2) is 81.0 Å². The van der Waals surface area contributed by atoms with Crippen molar-refractivity contribution in [2.75, 3.05) is 53.0 Å². The summed E-state index contributed by atoms with van der Waals surface area (Å²) in [5.74, 6) is 0.752. The maximum Gasteiger partial charge on any atom is 0.194 e. The van der Waals surface area contributed by atoms with Crippen molar-refractivity contribution in [2.45, 2.75) is 38.5 Å². The molecular formula is C21H34FIN4O2. The zero-order valence-electron chi connectivity index (χ0n) is 17.5. The summed E-state index contributed by atoms with van der Waals surface area (Å²) in [5, 5.41) is 3.41. The number of hydrogen-bond acceptors (Lipinski definition) is 4. The van der Waals surface area contributed by atoms with Gasteiger partial charge >= 0.3 is 0 Å². The minimum atomic E-state index is -0.196. The highest BCUT2D eigenvalue weighted by molar-refractivity contribution is 14.0. The Morgan fingerprint density at radius 2 is 2.00 bits per heavy atom. The van der Waals surface area contributed by atoms with Gasteiger partial charge in [0.1, 0.15) is 11.9 Å². The quantitative estimate of drug-likeness (QED) is 0.341. The number of nitrogens with one attached hydrogen (secondary N) is 1. The second-order valence-electron chi connectivity index (χ2n) is 7.51. The predicted molar refractivity (Wildman–Crippen MR) is 124 cm³/mol. The van der Waals surface area contributed by atoms with Crippen molar-refractivity contribution in [1.82, 2.24) is 15.1 Å². The van der Waals surface area contributed by atoms with Crippen LogP contribution in [0, 0.1) is 5.82 Å². The first kappa shape index (κ1) is 24.3. The number of hydrogen-bond donors (Lipinski definition) is 1. The summed E-state index contributed by atoms with van der Waals surface area (Å²) in [7, 11) is 2.06. The number of nitrogens with zero attached hydrogens (tertiary/aromatic N) is 3. The van der Waals surface area contributed by atoms with Crippen molar-refractivity contribution in [3.05, 3.63) is 35.6 Å². The van der Waals surface area contributed by atoms with Gasteiger partial charge in [-0.3, -0.25) is 4.99 Å². The van der Waals surface area contributed by atoms with E-state index in [9.17, 15) is 4.39 Å². The van der Waals surface area contributed by atoms with Crippen molar-refractivity contribution in [2.24, 2.45) is 4.99 Å². The summed E-state index contributed by atoms with van der Waals surface area (Å²) in [4.78, 5) is 9.32. The van der Waals surface area contributed by atoms with Gasteiger partial charge in [-0.2, -0.15) is 0 Å². The lowest BCUT2D eigenvalue weighted by atomic mass is 10.1. The number of halogens is 2. The van der Waals surface area contributed by atoms with E-state index in [0.29, 0.717) is 13.2 Å². The highest BCUT2D eigenvalue weighted by Gasteiger charge is 2.32. The van der Waals surface area contributed by atoms with Crippen molar-refractivity contribution in [3.63, 3.8) is 0 Å². The monoisotopic (exact) mass is 520 g/mol. The molecule has 0 saturated carbocycles. The van der Waals surface area contributed by atoms with Gasteiger partial charge < -0.3 is 24.6 Å². The Morgan fingerprint density at radius 3 is 2.69 bits per heavy atom. The van der Waals surface area contributed by atoms with E-state index in [4.69, 9.17) is 14.5 Å². The number of rotatable bonds is 7. The van der Waals surface area contributed by atoms with E-state index in [-0.39, 0.29) is 42.0 Å². The molecule has 0 bridgehead atoms. The highest BCUT2D eigenvalue weighted by atomic mass is 127. The summed E-state index contributed by atoms with van der Waals surface area (Å²) in [6, 6.07) is 6.68. The molecule has 1 aromatic rings. The SMILES string of the molecule is CCNC(=NCCN(C)Cc1ccc(F)cc1)N1CCOC(C2CCCO2)C1.I. The standard InChI is InChI=1S/C21H33FN4O2.HI/c1-3-23-21(26-12-14-28-20(16-26)19-5-4-13-27-19)24-10-11-25(2)15-17-6-8-18(22)9-7-17;/h6-9,19-20H,3-5,10-16H2,1-2H3,(H,23,24);1H. The van der Waals surface area contributed by atoms with Crippen molar-refractivity contribution in [1.29, 1.82) is 0 Å². The molecular weight excluding hydrogens is 486 g/mol. The van der Waals surface area contributed by atoms with E-state index in [1.807, 2.05) is 12.1 Å². The minimum absolute atomic E-state index is 0. The van der Waals surface area contributed by atoms with Gasteiger partial charge in [0.25, 0.3) is 0 Å². The molecule has 2 atom stereocenters. The predicted octanol–water partition coefficient (Wildman–Crippen LogP) is 2.72. The van der Waals surface area contributed by atoms with Crippen molar-refractivity contribution < 1.29 is 13.9 Å². The molecule has 0 spiro atoms. The zero-order chi connectivity index (χ0) is 19.8. The number of benzene rings is 1. The lowest BCUT2D eigenvalue weighted by Gasteiger charge is -2.37. The molecule has 2 unspecified atom stereocenters. The number of likely N-dealkylation sites (N-methyl/N-ethyl adjacent to an activating group) is 1. The van der Waals surface area contributed by atoms with Gasteiger partial charge in [-0.25, -0.2) is 4.39 Å². The molecule has 2 heterocycles. The highest BCUT2D eigenvalue weighted by Crippen LogP contribution is 2.21. The van der Waals surface area contributed by atoms with E-state index in [2.05, 4.69) is 29.1 Å². The summed E-state index contributed by atoms with van der Waals surface area (Å²) in [6.07, 6.45) is 2.55. The fourth-order valence-electron chi connectivity index (χ4n) is 3.72. The maximum atomic E-state index is 13.0. The molecule has 0 amide bonds. The molecule has 8 heteroatoms. The fraction of sp³-hybridized carbons (Fsp3) is 0.667. The summed E-state index contributed by atoms with van der Waals surface area (Å²) >= 11 is 0. The van der Waals surface area contributed by atoms with Gasteiger partial charge in [-0.05, 0) is 44.5 Å². The molecule has 2 saturated heterocycles. The molecule has 164 valence electrons. The lowest BCUT2D eigenvalue weighted by molar-refractivity contribution is -0.0817. The first-order valence-electron chi connectivity index (χ1n) is 10.3. The van der Waals surface area contributed by atoms with Gasteiger partial charge in [-0.1, -0.05) is 12.1 Å². The van der Waals surface area contributed by atoms with Gasteiger partial charge in [0.2, 0.25) is 0 Å². The van der Waals surface area contributed by atoms with Gasteiger partial charge in [0.15, 0.2) is 5.96 Å². The summed E-state index contributed by atoms with van der Waals surface area (Å²) in [5.41, 5.74) is 1.10. The fourth-order valence-corrected chi connectivity index (χ4v) is 3.72. The van der Waals surface area contributed by atoms with E-state index < -0.39 is 0 Å². The first-order chi connectivity index (χ1) is 13.7. The largest absolute Gasteiger partial charge is 0.375 e. The van der Waals surface area contributed by atoms with Gasteiger partial charge in [-0.15, -0.1) is 24.0 Å². The number of guanidine groups is 1. The van der Waals surface area contributed by atoms with E-state index in [1.54, 1.807) is 0 Å². The normalized spacial score (nSPS) is 22.6. The molecule has 2 aliphatic rings. The van der Waals surface area contributed by atoms with Crippen LogP contribution in [0.2, 0.25) is 0 Å². The average molecular weight is 520 g/mol. The van der Waals surface area contributed by atoms with E-state index in [0.717, 1.165) is 63.7 Å². The Hall–Kier alpha value is -0.970. The van der Waals surface area contributed by atoms with Gasteiger partial charge in [0.05, 0.1) is 19.3 Å². The number of aliphatic imine (C=N–C) groups is 1. The lowest BCUT2D eigenvalue weighted by Crippen LogP contribution is -2.53. The van der Waals surface area contributed by atoms with Crippen molar-refractivity contribution in [3.8, 4) is 0 Å². The molecule has 6 nitrogen and oxygen atoms in total. The van der Waals surface area contributed by atoms with Crippen LogP contribution in [0.15, 0.2) is 29.3 Å². The third-order valence-electron chi connectivity index (χ3n) is 5.22. The second kappa shape index (κ2) is 12.7. The van der Waals surface area contributed by atoms with Crippen LogP contribution in [0.5, 0.6) is 0 Å². The Labute approximate surface area is 190 Å². The summed E-state index contributed by atoms with van der Waals surface area (Å²) < 4.78 is 24.8. The molecule has 29 heavy (non-hydrogen) atoms. The van der Waals surface area contributed by atoms with Crippen LogP contribution < -0.4 is 5.32 Å². The van der Waals surface area contributed by atoms with Crippen LogP contribution in [-0.2, 0) is 16.0 Å². The average Bonchev–Trinajstić information content (AvgIpc) is 3.24. The summed E-state index contributed by atoms with van der Waals surface area (Å²) in [6.45, 7) is 8.49. The van der Waals surface area contributed by atoms with Gasteiger partial charge in [0, 0.05) is 39.3 Å². The van der Waals surface area contributed by atoms with Crippen LogP contribution in [0.4, 0.5) is 4.39 Å². The van der Waals surface area contributed by atoms with Crippen LogP contribution in [0.3, 0.4) is 0 Å². The third kappa shape index (κ3) is 7.66. The molecule has 3 rings (SSSR count). The maximum absolute atomic E-state index is 13.0. The van der Waals surface area contributed by atoms with Crippen LogP contribution >= 0.6 is 24.0 Å². The first-order valence-corrected chi connectivity index (χ1v) is 10.3. The Morgan fingerprint density at radius 1 is 1.24 bits per heavy atom. The zero-order valence-corrected chi connectivity index (χ0v) is 19.8. The molecule has 0 aromatic heterocycles. The number of ether oxygens (including phenoxy) is 2. The molecule has 2 aliphatic heterocycles. The second-order valence-corrected chi connectivity index (χ2v) is 7.51. The Kier molecular flexibility index (Phi) is 10.6. The number of morpholine rings is 1. The molecule has 0 radical (unpaired) electrons. The van der Waals surface area contributed by atoms with Crippen LogP contribution in [0.1, 0.15) is 25.3 Å². The topological polar surface area (TPSA) is 49.3 Å². The van der Waals surface area contributed by atoms with E-state index in [1.165, 1.54) is 12.1 Å². The smallest absolute Gasteiger partial charge is 0.194 e. The Bertz CT molecular complexity index is 626. The van der Waals surface area contributed by atoms with E-state index >= 15 is 0 Å². The van der Waals surface area contributed by atoms with Crippen molar-refractivity contribution >= 4 is 29.9 Å². The third-order valence-corrected chi connectivity index (χ3v) is 5.22. The van der Waals surface area contributed by atoms with Crippen LogP contribution in [0.25, 0.3) is 0 Å². The minimum Gasteiger partial charge on any atom is -0.375 e. The molecule has 2 fully saturated rings. The Balaban J connectivity index is 0.00000300. The molecule has 1 N–H and O–H groups in total. The molecule has 1 aromatic carbocycles. The molecule has 0 aliphatic carbocycles.